The molecule has 2 rings (SSSR count). The van der Waals surface area contributed by atoms with Crippen LogP contribution in [0.1, 0.15) is 38.7 Å². The standard InChI is InChI=1S/C18H22/c1-5-14(13-18(2,3)4)17-11-10-15-8-6-7-9-16(15)12-17/h5-12,14H,1,13H2,2-4H3/t14-/m1/s1. The summed E-state index contributed by atoms with van der Waals surface area (Å²) in [5.41, 5.74) is 1.70. The zero-order valence-electron chi connectivity index (χ0n) is 11.6. The molecule has 0 N–H and O–H groups in total. The fourth-order valence-corrected chi connectivity index (χ4v) is 2.44. The van der Waals surface area contributed by atoms with Crippen molar-refractivity contribution in [3.05, 3.63) is 60.7 Å². The van der Waals surface area contributed by atoms with Gasteiger partial charge in [0.1, 0.15) is 0 Å². The van der Waals surface area contributed by atoms with E-state index in [1.54, 1.807) is 0 Å². The lowest BCUT2D eigenvalue weighted by Crippen LogP contribution is -2.10. The number of rotatable bonds is 3. The molecule has 0 unspecified atom stereocenters. The SMILES string of the molecule is C=C[C@H](CC(C)(C)C)c1ccc2ccccc2c1. The summed E-state index contributed by atoms with van der Waals surface area (Å²) in [5, 5.41) is 2.62. The van der Waals surface area contributed by atoms with Crippen molar-refractivity contribution in [3.8, 4) is 0 Å². The second kappa shape index (κ2) is 4.97. The first-order valence-corrected chi connectivity index (χ1v) is 6.61. The van der Waals surface area contributed by atoms with Gasteiger partial charge in [0.15, 0.2) is 0 Å². The molecule has 0 aliphatic rings. The van der Waals surface area contributed by atoms with Crippen LogP contribution in [0.4, 0.5) is 0 Å². The van der Waals surface area contributed by atoms with Crippen LogP contribution in [0, 0.1) is 5.41 Å². The molecule has 18 heavy (non-hydrogen) atoms. The first-order chi connectivity index (χ1) is 8.49. The third-order valence-corrected chi connectivity index (χ3v) is 3.32. The second-order valence-electron chi connectivity index (χ2n) is 6.21. The Kier molecular flexibility index (Phi) is 3.56. The van der Waals surface area contributed by atoms with Crippen LogP contribution in [0.2, 0.25) is 0 Å². The molecule has 0 aliphatic carbocycles. The van der Waals surface area contributed by atoms with Crippen LogP contribution >= 0.6 is 0 Å². The fourth-order valence-electron chi connectivity index (χ4n) is 2.44. The molecule has 0 amide bonds. The number of hydrogen-bond donors (Lipinski definition) is 0. The van der Waals surface area contributed by atoms with E-state index in [9.17, 15) is 0 Å². The lowest BCUT2D eigenvalue weighted by Gasteiger charge is -2.24. The minimum Gasteiger partial charge on any atom is -0.102 e. The van der Waals surface area contributed by atoms with Crippen molar-refractivity contribution in [1.29, 1.82) is 0 Å². The van der Waals surface area contributed by atoms with Crippen molar-refractivity contribution >= 4 is 10.8 Å². The largest absolute Gasteiger partial charge is 0.102 e. The van der Waals surface area contributed by atoms with E-state index in [2.05, 4.69) is 75.9 Å². The quantitative estimate of drug-likeness (QED) is 0.615. The zero-order valence-corrected chi connectivity index (χ0v) is 11.6. The van der Waals surface area contributed by atoms with Crippen molar-refractivity contribution in [3.63, 3.8) is 0 Å². The third-order valence-electron chi connectivity index (χ3n) is 3.32. The molecule has 2 aromatic rings. The Morgan fingerprint density at radius 1 is 1.06 bits per heavy atom. The van der Waals surface area contributed by atoms with Gasteiger partial charge in [0.2, 0.25) is 0 Å². The highest BCUT2D eigenvalue weighted by Crippen LogP contribution is 2.33. The minimum absolute atomic E-state index is 0.324. The molecule has 0 aliphatic heterocycles. The van der Waals surface area contributed by atoms with E-state index in [-0.39, 0.29) is 0 Å². The maximum Gasteiger partial charge on any atom is 0.00204 e. The van der Waals surface area contributed by atoms with E-state index in [1.807, 2.05) is 0 Å². The van der Waals surface area contributed by atoms with Crippen LogP contribution in [-0.2, 0) is 0 Å². The predicted molar refractivity (Wildman–Crippen MR) is 81.0 cm³/mol. The highest BCUT2D eigenvalue weighted by Gasteiger charge is 2.17. The lowest BCUT2D eigenvalue weighted by molar-refractivity contribution is 0.361. The Morgan fingerprint density at radius 3 is 2.33 bits per heavy atom. The average Bonchev–Trinajstić information content (AvgIpc) is 2.34. The summed E-state index contributed by atoms with van der Waals surface area (Å²) in [6.45, 7) is 10.8. The van der Waals surface area contributed by atoms with Gasteiger partial charge >= 0.3 is 0 Å². The van der Waals surface area contributed by atoms with Crippen molar-refractivity contribution in [1.82, 2.24) is 0 Å². The Hall–Kier alpha value is -1.56. The maximum atomic E-state index is 4.00. The molecule has 94 valence electrons. The monoisotopic (exact) mass is 238 g/mol. The van der Waals surface area contributed by atoms with Gasteiger partial charge in [0.25, 0.3) is 0 Å². The molecule has 1 atom stereocenters. The van der Waals surface area contributed by atoms with Gasteiger partial charge in [0.05, 0.1) is 0 Å². The van der Waals surface area contributed by atoms with Crippen LogP contribution in [-0.4, -0.2) is 0 Å². The van der Waals surface area contributed by atoms with Gasteiger partial charge in [-0.2, -0.15) is 0 Å². The van der Waals surface area contributed by atoms with Crippen molar-refractivity contribution in [2.45, 2.75) is 33.1 Å². The van der Waals surface area contributed by atoms with Gasteiger partial charge in [-0.05, 0) is 28.2 Å². The smallest absolute Gasteiger partial charge is 0.00204 e. The van der Waals surface area contributed by atoms with E-state index in [0.717, 1.165) is 6.42 Å². The van der Waals surface area contributed by atoms with E-state index in [4.69, 9.17) is 0 Å². The van der Waals surface area contributed by atoms with Crippen LogP contribution in [0.5, 0.6) is 0 Å². The number of allylic oxidation sites excluding steroid dienone is 1. The van der Waals surface area contributed by atoms with Crippen molar-refractivity contribution in [2.24, 2.45) is 5.41 Å². The average molecular weight is 238 g/mol. The van der Waals surface area contributed by atoms with E-state index < -0.39 is 0 Å². The normalized spacial score (nSPS) is 13.5. The molecular weight excluding hydrogens is 216 g/mol. The van der Waals surface area contributed by atoms with Gasteiger partial charge in [-0.25, -0.2) is 0 Å². The predicted octanol–water partition coefficient (Wildman–Crippen LogP) is 5.55. The topological polar surface area (TPSA) is 0 Å². The van der Waals surface area contributed by atoms with Gasteiger partial charge < -0.3 is 0 Å². The summed E-state index contributed by atoms with van der Waals surface area (Å²) in [5.74, 6) is 0.439. The summed E-state index contributed by atoms with van der Waals surface area (Å²) in [4.78, 5) is 0. The molecule has 0 aromatic heterocycles. The number of benzene rings is 2. The van der Waals surface area contributed by atoms with Crippen molar-refractivity contribution < 1.29 is 0 Å². The minimum atomic E-state index is 0.324. The van der Waals surface area contributed by atoms with E-state index >= 15 is 0 Å². The molecule has 0 fully saturated rings. The first-order valence-electron chi connectivity index (χ1n) is 6.61. The Labute approximate surface area is 110 Å². The number of fused-ring (bicyclic) bond motifs is 1. The first kappa shape index (κ1) is 12.9. The fraction of sp³-hybridized carbons (Fsp3) is 0.333. The highest BCUT2D eigenvalue weighted by molar-refractivity contribution is 5.83. The van der Waals surface area contributed by atoms with Gasteiger partial charge in [0, 0.05) is 5.92 Å². The molecule has 0 saturated heterocycles. The summed E-state index contributed by atoms with van der Waals surface area (Å²) in [6.07, 6.45) is 3.21. The van der Waals surface area contributed by atoms with Gasteiger partial charge in [-0.1, -0.05) is 69.3 Å². The van der Waals surface area contributed by atoms with E-state index in [0.29, 0.717) is 11.3 Å². The third kappa shape index (κ3) is 3.01. The molecule has 0 nitrogen and oxygen atoms in total. The van der Waals surface area contributed by atoms with Gasteiger partial charge in [-0.15, -0.1) is 6.58 Å². The molecule has 0 heterocycles. The summed E-state index contributed by atoms with van der Waals surface area (Å²) in [7, 11) is 0. The zero-order chi connectivity index (χ0) is 13.2. The van der Waals surface area contributed by atoms with Gasteiger partial charge in [-0.3, -0.25) is 0 Å². The number of hydrogen-bond acceptors (Lipinski definition) is 0. The van der Waals surface area contributed by atoms with Crippen molar-refractivity contribution in [2.75, 3.05) is 0 Å². The molecule has 0 saturated carbocycles. The Morgan fingerprint density at radius 2 is 1.72 bits per heavy atom. The van der Waals surface area contributed by atoms with E-state index in [1.165, 1.54) is 16.3 Å². The summed E-state index contributed by atoms with van der Waals surface area (Å²) >= 11 is 0. The summed E-state index contributed by atoms with van der Waals surface area (Å²) in [6, 6.07) is 15.3. The molecule has 0 heteroatoms. The molecular formula is C18H22. The molecule has 0 spiro atoms. The molecule has 0 bridgehead atoms. The highest BCUT2D eigenvalue weighted by atomic mass is 14.2. The summed E-state index contributed by atoms with van der Waals surface area (Å²) < 4.78 is 0. The molecule has 2 aromatic carbocycles. The second-order valence-corrected chi connectivity index (χ2v) is 6.21. The van der Waals surface area contributed by atoms with Crippen LogP contribution in [0.15, 0.2) is 55.1 Å². The van der Waals surface area contributed by atoms with Crippen LogP contribution in [0.25, 0.3) is 10.8 Å². The Bertz CT molecular complexity index is 543. The lowest BCUT2D eigenvalue weighted by atomic mass is 9.81. The van der Waals surface area contributed by atoms with Crippen LogP contribution < -0.4 is 0 Å². The van der Waals surface area contributed by atoms with Crippen LogP contribution in [0.3, 0.4) is 0 Å². The maximum absolute atomic E-state index is 4.00. The Balaban J connectivity index is 2.36. The molecule has 0 radical (unpaired) electrons.